The van der Waals surface area contributed by atoms with Crippen molar-refractivity contribution in [2.24, 2.45) is 0 Å². The van der Waals surface area contributed by atoms with Crippen LogP contribution in [-0.4, -0.2) is 24.1 Å². The van der Waals surface area contributed by atoms with E-state index < -0.39 is 0 Å². The number of nitrogens with one attached hydrogen (secondary N) is 2. The third-order valence-corrected chi connectivity index (χ3v) is 2.64. The Morgan fingerprint density at radius 1 is 1.40 bits per heavy atom. The molecule has 0 radical (unpaired) electrons. The molecule has 0 amide bonds. The van der Waals surface area contributed by atoms with E-state index in [-0.39, 0.29) is 12.4 Å². The van der Waals surface area contributed by atoms with Crippen molar-refractivity contribution in [1.82, 2.24) is 15.6 Å². The largest absolute Gasteiger partial charge is 0.315 e. The molecule has 1 aliphatic rings. The minimum atomic E-state index is 0. The second-order valence-electron chi connectivity index (χ2n) is 3.78. The zero-order valence-electron chi connectivity index (χ0n) is 8.78. The van der Waals surface area contributed by atoms with Gasteiger partial charge in [-0.2, -0.15) is 0 Å². The quantitative estimate of drug-likeness (QED) is 0.819. The third-order valence-electron chi connectivity index (χ3n) is 2.64. The van der Waals surface area contributed by atoms with Crippen molar-refractivity contribution >= 4 is 12.4 Å². The van der Waals surface area contributed by atoms with E-state index in [1.54, 1.807) is 0 Å². The normalized spacial score (nSPS) is 20.7. The first-order valence-electron chi connectivity index (χ1n) is 5.28. The van der Waals surface area contributed by atoms with Crippen molar-refractivity contribution in [3.05, 3.63) is 30.1 Å². The fraction of sp³-hybridized carbons (Fsp3) is 0.545. The number of aromatic nitrogens is 1. The van der Waals surface area contributed by atoms with Crippen LogP contribution in [0.25, 0.3) is 0 Å². The van der Waals surface area contributed by atoms with E-state index >= 15 is 0 Å². The standard InChI is InChI=1S/C11H17N3.ClH/c1-2-11(9-13-5-1)14-8-10-3-6-12-7-4-10;/h3-4,6-7,11,13-14H,1-2,5,8-9H2;1H. The Balaban J connectivity index is 0.00000112. The van der Waals surface area contributed by atoms with Crippen LogP contribution >= 0.6 is 12.4 Å². The molecule has 1 unspecified atom stereocenters. The lowest BCUT2D eigenvalue weighted by molar-refractivity contribution is 0.389. The average Bonchev–Trinajstić information content (AvgIpc) is 2.29. The SMILES string of the molecule is Cl.c1cc(CNC2CCCNC2)ccn1. The molecule has 4 heteroatoms. The first kappa shape index (κ1) is 12.4. The van der Waals surface area contributed by atoms with Gasteiger partial charge in [0.2, 0.25) is 0 Å². The molecule has 0 aliphatic carbocycles. The van der Waals surface area contributed by atoms with E-state index in [1.165, 1.54) is 24.9 Å². The van der Waals surface area contributed by atoms with Crippen molar-refractivity contribution in [2.75, 3.05) is 13.1 Å². The maximum atomic E-state index is 4.00. The predicted octanol–water partition coefficient (Wildman–Crippen LogP) is 1.34. The van der Waals surface area contributed by atoms with E-state index in [1.807, 2.05) is 12.4 Å². The Bertz CT molecular complexity index is 260. The van der Waals surface area contributed by atoms with Gasteiger partial charge in [-0.15, -0.1) is 12.4 Å². The van der Waals surface area contributed by atoms with Gasteiger partial charge in [-0.1, -0.05) is 0 Å². The lowest BCUT2D eigenvalue weighted by atomic mass is 10.1. The number of hydrogen-bond donors (Lipinski definition) is 2. The molecule has 0 saturated carbocycles. The van der Waals surface area contributed by atoms with E-state index in [9.17, 15) is 0 Å². The molecular formula is C11H18ClN3. The molecular weight excluding hydrogens is 210 g/mol. The number of hydrogen-bond acceptors (Lipinski definition) is 3. The second kappa shape index (κ2) is 6.77. The summed E-state index contributed by atoms with van der Waals surface area (Å²) in [4.78, 5) is 4.00. The summed E-state index contributed by atoms with van der Waals surface area (Å²) >= 11 is 0. The molecule has 84 valence electrons. The predicted molar refractivity (Wildman–Crippen MR) is 64.2 cm³/mol. The Kier molecular flexibility index (Phi) is 5.61. The van der Waals surface area contributed by atoms with Crippen LogP contribution in [0.3, 0.4) is 0 Å². The molecule has 1 fully saturated rings. The average molecular weight is 228 g/mol. The van der Waals surface area contributed by atoms with Gasteiger partial charge in [-0.05, 0) is 37.1 Å². The summed E-state index contributed by atoms with van der Waals surface area (Å²) in [5.41, 5.74) is 1.31. The Morgan fingerprint density at radius 3 is 2.87 bits per heavy atom. The summed E-state index contributed by atoms with van der Waals surface area (Å²) < 4.78 is 0. The molecule has 1 aromatic heterocycles. The first-order valence-corrected chi connectivity index (χ1v) is 5.28. The summed E-state index contributed by atoms with van der Waals surface area (Å²) in [5.74, 6) is 0. The zero-order chi connectivity index (χ0) is 9.64. The number of halogens is 1. The van der Waals surface area contributed by atoms with Gasteiger partial charge in [-0.25, -0.2) is 0 Å². The van der Waals surface area contributed by atoms with Crippen LogP contribution in [0.5, 0.6) is 0 Å². The molecule has 15 heavy (non-hydrogen) atoms. The van der Waals surface area contributed by atoms with Crippen LogP contribution in [-0.2, 0) is 6.54 Å². The Hall–Kier alpha value is -0.640. The van der Waals surface area contributed by atoms with Crippen LogP contribution < -0.4 is 10.6 Å². The minimum Gasteiger partial charge on any atom is -0.315 e. The van der Waals surface area contributed by atoms with Gasteiger partial charge in [-0.3, -0.25) is 4.98 Å². The van der Waals surface area contributed by atoms with Crippen molar-refractivity contribution < 1.29 is 0 Å². The van der Waals surface area contributed by atoms with Crippen LogP contribution in [0.2, 0.25) is 0 Å². The maximum Gasteiger partial charge on any atom is 0.0271 e. The highest BCUT2D eigenvalue weighted by Gasteiger charge is 2.11. The molecule has 1 aliphatic heterocycles. The minimum absolute atomic E-state index is 0. The van der Waals surface area contributed by atoms with Gasteiger partial charge in [0.15, 0.2) is 0 Å². The fourth-order valence-corrected chi connectivity index (χ4v) is 1.79. The van der Waals surface area contributed by atoms with E-state index in [0.29, 0.717) is 6.04 Å². The zero-order valence-corrected chi connectivity index (χ0v) is 9.59. The smallest absolute Gasteiger partial charge is 0.0271 e. The number of nitrogens with zero attached hydrogens (tertiary/aromatic N) is 1. The molecule has 1 saturated heterocycles. The summed E-state index contributed by atoms with van der Waals surface area (Å²) in [6, 6.07) is 4.75. The molecule has 0 spiro atoms. The first-order chi connectivity index (χ1) is 6.95. The number of pyridine rings is 1. The van der Waals surface area contributed by atoms with Gasteiger partial charge in [0.1, 0.15) is 0 Å². The summed E-state index contributed by atoms with van der Waals surface area (Å²) in [7, 11) is 0. The van der Waals surface area contributed by atoms with E-state index in [0.717, 1.165) is 13.1 Å². The van der Waals surface area contributed by atoms with Gasteiger partial charge in [0.25, 0.3) is 0 Å². The molecule has 2 rings (SSSR count). The maximum absolute atomic E-state index is 4.00. The Labute approximate surface area is 97.1 Å². The molecule has 0 bridgehead atoms. The monoisotopic (exact) mass is 227 g/mol. The lowest BCUT2D eigenvalue weighted by Gasteiger charge is -2.23. The van der Waals surface area contributed by atoms with E-state index in [4.69, 9.17) is 0 Å². The summed E-state index contributed by atoms with van der Waals surface area (Å²) in [5, 5.41) is 6.94. The number of piperidine rings is 1. The van der Waals surface area contributed by atoms with Crippen LogP contribution in [0.15, 0.2) is 24.5 Å². The van der Waals surface area contributed by atoms with Crippen molar-refractivity contribution in [3.63, 3.8) is 0 Å². The number of rotatable bonds is 3. The van der Waals surface area contributed by atoms with Gasteiger partial charge in [0, 0.05) is 31.5 Å². The second-order valence-corrected chi connectivity index (χ2v) is 3.78. The van der Waals surface area contributed by atoms with Gasteiger partial charge >= 0.3 is 0 Å². The highest BCUT2D eigenvalue weighted by molar-refractivity contribution is 5.85. The molecule has 0 aromatic carbocycles. The molecule has 2 N–H and O–H groups in total. The molecule has 1 atom stereocenters. The van der Waals surface area contributed by atoms with Crippen LogP contribution in [0.1, 0.15) is 18.4 Å². The van der Waals surface area contributed by atoms with Gasteiger partial charge in [0.05, 0.1) is 0 Å². The van der Waals surface area contributed by atoms with Crippen LogP contribution in [0, 0.1) is 0 Å². The highest BCUT2D eigenvalue weighted by Crippen LogP contribution is 2.03. The third kappa shape index (κ3) is 4.16. The fourth-order valence-electron chi connectivity index (χ4n) is 1.79. The van der Waals surface area contributed by atoms with Crippen LogP contribution in [0.4, 0.5) is 0 Å². The van der Waals surface area contributed by atoms with Crippen molar-refractivity contribution in [1.29, 1.82) is 0 Å². The summed E-state index contributed by atoms with van der Waals surface area (Å²) in [6.07, 6.45) is 6.26. The molecule has 2 heterocycles. The van der Waals surface area contributed by atoms with E-state index in [2.05, 4.69) is 27.8 Å². The van der Waals surface area contributed by atoms with Crippen molar-refractivity contribution in [2.45, 2.75) is 25.4 Å². The lowest BCUT2D eigenvalue weighted by Crippen LogP contribution is -2.42. The van der Waals surface area contributed by atoms with Crippen molar-refractivity contribution in [3.8, 4) is 0 Å². The highest BCUT2D eigenvalue weighted by atomic mass is 35.5. The molecule has 3 nitrogen and oxygen atoms in total. The summed E-state index contributed by atoms with van der Waals surface area (Å²) in [6.45, 7) is 3.23. The Morgan fingerprint density at radius 2 is 2.20 bits per heavy atom. The topological polar surface area (TPSA) is 37.0 Å². The van der Waals surface area contributed by atoms with Gasteiger partial charge < -0.3 is 10.6 Å². The molecule has 1 aromatic rings.